The van der Waals surface area contributed by atoms with Crippen molar-refractivity contribution in [2.75, 3.05) is 13.1 Å². The summed E-state index contributed by atoms with van der Waals surface area (Å²) in [5.74, 6) is -3.08. The maximum Gasteiger partial charge on any atom is 0.407 e. The number of carboxylic acid groups (broad SMARTS) is 1. The van der Waals surface area contributed by atoms with Crippen molar-refractivity contribution in [2.45, 2.75) is 18.1 Å². The number of nitrogens with zero attached hydrogens (tertiary/aromatic N) is 1. The monoisotopic (exact) mass is 197 g/mol. The fourth-order valence-corrected chi connectivity index (χ4v) is 1.08. The Labute approximate surface area is 72.2 Å². The molecule has 13 heavy (non-hydrogen) atoms. The van der Waals surface area contributed by atoms with Crippen molar-refractivity contribution in [3.8, 4) is 0 Å². The van der Waals surface area contributed by atoms with Crippen molar-refractivity contribution in [1.29, 1.82) is 0 Å². The van der Waals surface area contributed by atoms with Crippen LogP contribution in [0.4, 0.5) is 13.6 Å². The lowest BCUT2D eigenvalue weighted by atomic mass is 10.0. The van der Waals surface area contributed by atoms with E-state index in [0.717, 1.165) is 0 Å². The van der Waals surface area contributed by atoms with Gasteiger partial charge >= 0.3 is 6.09 Å². The molecule has 0 saturated carbocycles. The van der Waals surface area contributed by atoms with Crippen molar-refractivity contribution >= 4 is 6.09 Å². The van der Waals surface area contributed by atoms with Gasteiger partial charge in [0, 0.05) is 0 Å². The lowest BCUT2D eigenvalue weighted by molar-refractivity contribution is -0.260. The molecular weight excluding hydrogens is 188 g/mol. The number of amides is 1. The summed E-state index contributed by atoms with van der Waals surface area (Å²) >= 11 is 0. The van der Waals surface area contributed by atoms with Crippen LogP contribution in [0, 0.1) is 0 Å². The first-order chi connectivity index (χ1) is 5.85. The molecule has 0 aromatic carbocycles. The number of alkyl halides is 2. The second-order valence-corrected chi connectivity index (χ2v) is 2.91. The largest absolute Gasteiger partial charge is 0.465 e. The molecule has 0 aliphatic carbocycles. The number of hydrogen-bond donors (Lipinski definition) is 3. The van der Waals surface area contributed by atoms with E-state index in [1.54, 1.807) is 0 Å². The van der Waals surface area contributed by atoms with Crippen LogP contribution in [0.25, 0.3) is 0 Å². The number of rotatable bonds is 0. The first-order valence-electron chi connectivity index (χ1n) is 3.56. The summed E-state index contributed by atoms with van der Waals surface area (Å²) in [5, 5.41) is 26.0. The number of carbonyl (C=O) groups is 1. The van der Waals surface area contributed by atoms with Crippen molar-refractivity contribution in [1.82, 2.24) is 4.90 Å². The van der Waals surface area contributed by atoms with Crippen LogP contribution in [0.3, 0.4) is 0 Å². The maximum atomic E-state index is 12.8. The molecule has 0 radical (unpaired) electrons. The van der Waals surface area contributed by atoms with Gasteiger partial charge in [-0.05, 0) is 0 Å². The van der Waals surface area contributed by atoms with E-state index in [0.29, 0.717) is 4.90 Å². The van der Waals surface area contributed by atoms with Gasteiger partial charge in [-0.15, -0.1) is 0 Å². The Bertz CT molecular complexity index is 209. The van der Waals surface area contributed by atoms with E-state index in [1.807, 2.05) is 0 Å². The molecule has 1 fully saturated rings. The van der Waals surface area contributed by atoms with Crippen LogP contribution >= 0.6 is 0 Å². The zero-order valence-corrected chi connectivity index (χ0v) is 6.52. The zero-order valence-electron chi connectivity index (χ0n) is 6.52. The molecule has 76 valence electrons. The molecule has 3 N–H and O–H groups in total. The molecule has 7 heteroatoms. The van der Waals surface area contributed by atoms with Crippen molar-refractivity contribution in [2.24, 2.45) is 0 Å². The zero-order chi connectivity index (χ0) is 10.2. The molecule has 0 unspecified atom stereocenters. The van der Waals surface area contributed by atoms with Gasteiger partial charge in [-0.3, -0.25) is 0 Å². The van der Waals surface area contributed by atoms with Crippen LogP contribution in [0.2, 0.25) is 0 Å². The van der Waals surface area contributed by atoms with E-state index in [2.05, 4.69) is 0 Å². The standard InChI is InChI=1S/C6H9F2NO4/c7-3-1-9(5(10)11)2-4(8)6(3,12)13/h3-4,12-13H,1-2H2,(H,10,11)/t3-,4-/m1/s1. The third-order valence-electron chi connectivity index (χ3n) is 1.95. The maximum absolute atomic E-state index is 12.8. The Kier molecular flexibility index (Phi) is 2.40. The Morgan fingerprint density at radius 2 is 1.69 bits per heavy atom. The first kappa shape index (κ1) is 10.1. The molecule has 1 aliphatic heterocycles. The van der Waals surface area contributed by atoms with E-state index in [-0.39, 0.29) is 0 Å². The lowest BCUT2D eigenvalue weighted by Crippen LogP contribution is -2.62. The first-order valence-corrected chi connectivity index (χ1v) is 3.56. The van der Waals surface area contributed by atoms with Gasteiger partial charge in [0.1, 0.15) is 0 Å². The average Bonchev–Trinajstić information content (AvgIpc) is 2.00. The highest BCUT2D eigenvalue weighted by Gasteiger charge is 2.50. The molecular formula is C6H9F2NO4. The summed E-state index contributed by atoms with van der Waals surface area (Å²) in [7, 11) is 0. The number of likely N-dealkylation sites (tertiary alicyclic amines) is 1. The highest BCUT2D eigenvalue weighted by molar-refractivity contribution is 5.65. The Morgan fingerprint density at radius 1 is 1.31 bits per heavy atom. The molecule has 0 aromatic heterocycles. The Hall–Kier alpha value is -0.950. The van der Waals surface area contributed by atoms with Gasteiger partial charge in [-0.25, -0.2) is 13.6 Å². The second kappa shape index (κ2) is 3.08. The van der Waals surface area contributed by atoms with Gasteiger partial charge in [0.25, 0.3) is 0 Å². The summed E-state index contributed by atoms with van der Waals surface area (Å²) in [6.45, 7) is -1.47. The molecule has 0 aromatic rings. The van der Waals surface area contributed by atoms with Gasteiger partial charge in [0.15, 0.2) is 12.3 Å². The summed E-state index contributed by atoms with van der Waals surface area (Å²) in [4.78, 5) is 10.7. The average molecular weight is 197 g/mol. The van der Waals surface area contributed by atoms with Crippen LogP contribution in [0.5, 0.6) is 0 Å². The van der Waals surface area contributed by atoms with E-state index < -0.39 is 37.3 Å². The van der Waals surface area contributed by atoms with Crippen LogP contribution in [-0.2, 0) is 0 Å². The van der Waals surface area contributed by atoms with Crippen LogP contribution in [0.15, 0.2) is 0 Å². The SMILES string of the molecule is O=C(O)N1C[C@@H](F)C(O)(O)[C@H](F)C1. The van der Waals surface area contributed by atoms with Gasteiger partial charge in [0.05, 0.1) is 13.1 Å². The molecule has 1 aliphatic rings. The van der Waals surface area contributed by atoms with Crippen LogP contribution in [-0.4, -0.2) is 57.5 Å². The van der Waals surface area contributed by atoms with Gasteiger partial charge in [0.2, 0.25) is 5.79 Å². The van der Waals surface area contributed by atoms with E-state index in [9.17, 15) is 13.6 Å². The van der Waals surface area contributed by atoms with Crippen LogP contribution in [0.1, 0.15) is 0 Å². The normalized spacial score (nSPS) is 33.1. The number of aliphatic hydroxyl groups is 2. The highest BCUT2D eigenvalue weighted by Crippen LogP contribution is 2.25. The van der Waals surface area contributed by atoms with Crippen molar-refractivity contribution in [3.05, 3.63) is 0 Å². The molecule has 0 bridgehead atoms. The highest BCUT2D eigenvalue weighted by atomic mass is 19.1. The fraction of sp³-hybridized carbons (Fsp3) is 0.833. The molecule has 5 nitrogen and oxygen atoms in total. The molecule has 1 saturated heterocycles. The molecule has 2 atom stereocenters. The lowest BCUT2D eigenvalue weighted by Gasteiger charge is -2.38. The minimum atomic E-state index is -3.08. The summed E-state index contributed by atoms with van der Waals surface area (Å²) in [6, 6.07) is 0. The van der Waals surface area contributed by atoms with Gasteiger partial charge in [-0.2, -0.15) is 0 Å². The summed E-state index contributed by atoms with van der Waals surface area (Å²) < 4.78 is 25.6. The minimum Gasteiger partial charge on any atom is -0.465 e. The summed E-state index contributed by atoms with van der Waals surface area (Å²) in [6.07, 6.45) is -6.14. The predicted octanol–water partition coefficient (Wildman–Crippen LogP) is -0.663. The number of hydrogen-bond acceptors (Lipinski definition) is 3. The second-order valence-electron chi connectivity index (χ2n) is 2.91. The molecule has 0 spiro atoms. The van der Waals surface area contributed by atoms with Gasteiger partial charge < -0.3 is 20.2 Å². The third-order valence-corrected chi connectivity index (χ3v) is 1.95. The molecule has 1 heterocycles. The predicted molar refractivity (Wildman–Crippen MR) is 36.6 cm³/mol. The molecule has 1 amide bonds. The van der Waals surface area contributed by atoms with Crippen molar-refractivity contribution in [3.63, 3.8) is 0 Å². The quantitative estimate of drug-likeness (QED) is 0.450. The van der Waals surface area contributed by atoms with E-state index >= 15 is 0 Å². The number of piperidine rings is 1. The van der Waals surface area contributed by atoms with Gasteiger partial charge in [-0.1, -0.05) is 0 Å². The summed E-state index contributed by atoms with van der Waals surface area (Å²) in [5.41, 5.74) is 0. The third kappa shape index (κ3) is 1.70. The minimum absolute atomic E-state index is 0.458. The van der Waals surface area contributed by atoms with E-state index in [1.165, 1.54) is 0 Å². The van der Waals surface area contributed by atoms with Crippen molar-refractivity contribution < 1.29 is 28.9 Å². The topological polar surface area (TPSA) is 81.0 Å². The Morgan fingerprint density at radius 3 is 2.00 bits per heavy atom. The fourth-order valence-electron chi connectivity index (χ4n) is 1.08. The number of halogens is 2. The molecule has 1 rings (SSSR count). The Balaban J connectivity index is 2.73. The smallest absolute Gasteiger partial charge is 0.407 e. The van der Waals surface area contributed by atoms with Crippen LogP contribution < -0.4 is 0 Å². The van der Waals surface area contributed by atoms with E-state index in [4.69, 9.17) is 15.3 Å².